The van der Waals surface area contributed by atoms with Crippen LogP contribution in [-0.4, -0.2) is 22.5 Å². The molecule has 0 bridgehead atoms. The van der Waals surface area contributed by atoms with E-state index in [1.165, 1.54) is 4.88 Å². The number of carbonyl (C=O) groups is 1. The van der Waals surface area contributed by atoms with Crippen molar-refractivity contribution < 1.29 is 4.79 Å². The molecule has 0 radical (unpaired) electrons. The number of likely N-dealkylation sites (tertiary alicyclic amines) is 1. The highest BCUT2D eigenvalue weighted by atomic mass is 32.1. The maximum Gasteiger partial charge on any atom is 0.318 e. The number of carbonyl (C=O) groups excluding carboxylic acids is 1. The summed E-state index contributed by atoms with van der Waals surface area (Å²) >= 11 is 1.72. The molecule has 1 unspecified atom stereocenters. The van der Waals surface area contributed by atoms with Gasteiger partial charge in [-0.2, -0.15) is 0 Å². The summed E-state index contributed by atoms with van der Waals surface area (Å²) in [5, 5.41) is 5.03. The van der Waals surface area contributed by atoms with Gasteiger partial charge in [-0.15, -0.1) is 11.3 Å². The molecule has 2 aromatic rings. The lowest BCUT2D eigenvalue weighted by Gasteiger charge is -2.24. The number of aromatic nitrogens is 1. The standard InChI is InChI=1S/C15H17N3OS/c19-15(17-11-12-5-1-2-8-16-12)18-9-3-6-13(18)14-7-4-10-20-14/h1-2,4-5,7-8,10,13H,3,6,9,11H2,(H,17,19). The molecule has 20 heavy (non-hydrogen) atoms. The van der Waals surface area contributed by atoms with Crippen LogP contribution < -0.4 is 5.32 Å². The van der Waals surface area contributed by atoms with Crippen molar-refractivity contribution in [2.24, 2.45) is 0 Å². The highest BCUT2D eigenvalue weighted by Gasteiger charge is 2.30. The quantitative estimate of drug-likeness (QED) is 0.942. The number of thiophene rings is 1. The van der Waals surface area contributed by atoms with Crippen LogP contribution in [0.3, 0.4) is 0 Å². The molecule has 2 amide bonds. The fraction of sp³-hybridized carbons (Fsp3) is 0.333. The Labute approximate surface area is 122 Å². The summed E-state index contributed by atoms with van der Waals surface area (Å²) in [5.74, 6) is 0. The molecule has 0 aromatic carbocycles. The number of urea groups is 1. The van der Waals surface area contributed by atoms with Crippen LogP contribution in [0.25, 0.3) is 0 Å². The van der Waals surface area contributed by atoms with Crippen LogP contribution in [-0.2, 0) is 6.54 Å². The monoisotopic (exact) mass is 287 g/mol. The van der Waals surface area contributed by atoms with Gasteiger partial charge < -0.3 is 10.2 Å². The summed E-state index contributed by atoms with van der Waals surface area (Å²) < 4.78 is 0. The molecule has 1 aliphatic rings. The van der Waals surface area contributed by atoms with Gasteiger partial charge in [0.25, 0.3) is 0 Å². The van der Waals surface area contributed by atoms with Crippen molar-refractivity contribution in [3.8, 4) is 0 Å². The van der Waals surface area contributed by atoms with Crippen molar-refractivity contribution in [3.05, 3.63) is 52.5 Å². The molecule has 104 valence electrons. The van der Waals surface area contributed by atoms with Gasteiger partial charge in [-0.05, 0) is 36.4 Å². The molecule has 2 aromatic heterocycles. The minimum Gasteiger partial charge on any atom is -0.332 e. The average Bonchev–Trinajstić information content (AvgIpc) is 3.15. The third-order valence-electron chi connectivity index (χ3n) is 3.53. The Balaban J connectivity index is 1.62. The number of nitrogens with zero attached hydrogens (tertiary/aromatic N) is 2. The van der Waals surface area contributed by atoms with E-state index < -0.39 is 0 Å². The molecule has 1 fully saturated rings. The molecular weight excluding hydrogens is 270 g/mol. The third kappa shape index (κ3) is 2.82. The first kappa shape index (κ1) is 13.1. The molecule has 1 saturated heterocycles. The van der Waals surface area contributed by atoms with Crippen LogP contribution in [0.2, 0.25) is 0 Å². The third-order valence-corrected chi connectivity index (χ3v) is 4.51. The first-order valence-electron chi connectivity index (χ1n) is 6.82. The second kappa shape index (κ2) is 6.05. The van der Waals surface area contributed by atoms with E-state index in [-0.39, 0.29) is 12.1 Å². The first-order chi connectivity index (χ1) is 9.84. The number of hydrogen-bond acceptors (Lipinski definition) is 3. The molecule has 1 aliphatic heterocycles. The predicted octanol–water partition coefficient (Wildman–Crippen LogP) is 3.19. The minimum atomic E-state index is 0.00607. The maximum absolute atomic E-state index is 12.3. The van der Waals surface area contributed by atoms with E-state index in [9.17, 15) is 4.79 Å². The van der Waals surface area contributed by atoms with Gasteiger partial charge in [0.15, 0.2) is 0 Å². The molecule has 0 spiro atoms. The Morgan fingerprint density at radius 2 is 2.35 bits per heavy atom. The SMILES string of the molecule is O=C(NCc1ccccn1)N1CCCC1c1cccs1. The zero-order valence-electron chi connectivity index (χ0n) is 11.2. The Morgan fingerprint density at radius 1 is 1.40 bits per heavy atom. The van der Waals surface area contributed by atoms with Gasteiger partial charge in [-0.1, -0.05) is 12.1 Å². The molecule has 0 saturated carbocycles. The highest BCUT2D eigenvalue weighted by molar-refractivity contribution is 7.10. The fourth-order valence-corrected chi connectivity index (χ4v) is 3.43. The molecule has 3 heterocycles. The summed E-state index contributed by atoms with van der Waals surface area (Å²) in [6.45, 7) is 1.31. The summed E-state index contributed by atoms with van der Waals surface area (Å²) in [4.78, 5) is 19.7. The Bertz CT molecular complexity index is 556. The summed E-state index contributed by atoms with van der Waals surface area (Å²) in [5.41, 5.74) is 0.882. The summed E-state index contributed by atoms with van der Waals surface area (Å²) in [7, 11) is 0. The van der Waals surface area contributed by atoms with Crippen LogP contribution >= 0.6 is 11.3 Å². The van der Waals surface area contributed by atoms with E-state index in [0.29, 0.717) is 6.54 Å². The largest absolute Gasteiger partial charge is 0.332 e. The molecule has 1 N–H and O–H groups in total. The van der Waals surface area contributed by atoms with E-state index in [2.05, 4.69) is 21.7 Å². The Kier molecular flexibility index (Phi) is 3.97. The normalized spacial score (nSPS) is 18.2. The number of pyridine rings is 1. The van der Waals surface area contributed by atoms with Gasteiger partial charge in [0, 0.05) is 17.6 Å². The van der Waals surface area contributed by atoms with Gasteiger partial charge in [0.2, 0.25) is 0 Å². The van der Waals surface area contributed by atoms with Crippen LogP contribution in [0.4, 0.5) is 4.79 Å². The second-order valence-corrected chi connectivity index (χ2v) is 5.83. The number of nitrogens with one attached hydrogen (secondary N) is 1. The van der Waals surface area contributed by atoms with E-state index in [1.54, 1.807) is 17.5 Å². The maximum atomic E-state index is 12.3. The summed E-state index contributed by atoms with van der Waals surface area (Å²) in [6, 6.07) is 10.1. The Hall–Kier alpha value is -1.88. The van der Waals surface area contributed by atoms with Gasteiger partial charge in [0.1, 0.15) is 0 Å². The summed E-state index contributed by atoms with van der Waals surface area (Å²) in [6.07, 6.45) is 3.86. The number of amides is 2. The average molecular weight is 287 g/mol. The van der Waals surface area contributed by atoms with Crippen LogP contribution in [0, 0.1) is 0 Å². The highest BCUT2D eigenvalue weighted by Crippen LogP contribution is 2.34. The second-order valence-electron chi connectivity index (χ2n) is 4.85. The van der Waals surface area contributed by atoms with Crippen LogP contribution in [0.15, 0.2) is 41.9 Å². The fourth-order valence-electron chi connectivity index (χ4n) is 2.56. The number of rotatable bonds is 3. The lowest BCUT2D eigenvalue weighted by atomic mass is 10.2. The minimum absolute atomic E-state index is 0.00607. The van der Waals surface area contributed by atoms with Gasteiger partial charge in [0.05, 0.1) is 18.3 Å². The van der Waals surface area contributed by atoms with Crippen molar-refractivity contribution >= 4 is 17.4 Å². The van der Waals surface area contributed by atoms with Crippen molar-refractivity contribution in [1.29, 1.82) is 0 Å². The van der Waals surface area contributed by atoms with Crippen molar-refractivity contribution in [2.45, 2.75) is 25.4 Å². The zero-order chi connectivity index (χ0) is 13.8. The van der Waals surface area contributed by atoms with Crippen molar-refractivity contribution in [2.75, 3.05) is 6.54 Å². The van der Waals surface area contributed by atoms with Gasteiger partial charge in [-0.25, -0.2) is 4.79 Å². The first-order valence-corrected chi connectivity index (χ1v) is 7.70. The van der Waals surface area contributed by atoms with Gasteiger partial charge >= 0.3 is 6.03 Å². The van der Waals surface area contributed by atoms with Crippen LogP contribution in [0.5, 0.6) is 0 Å². The number of hydrogen-bond donors (Lipinski definition) is 1. The van der Waals surface area contributed by atoms with E-state index in [4.69, 9.17) is 0 Å². The molecule has 5 heteroatoms. The molecular formula is C15H17N3OS. The molecule has 1 atom stereocenters. The van der Waals surface area contributed by atoms with Crippen molar-refractivity contribution in [3.63, 3.8) is 0 Å². The molecule has 4 nitrogen and oxygen atoms in total. The predicted molar refractivity (Wildman–Crippen MR) is 79.5 cm³/mol. The topological polar surface area (TPSA) is 45.2 Å². The Morgan fingerprint density at radius 3 is 3.10 bits per heavy atom. The lowest BCUT2D eigenvalue weighted by Crippen LogP contribution is -2.39. The van der Waals surface area contributed by atoms with E-state index in [0.717, 1.165) is 25.1 Å². The van der Waals surface area contributed by atoms with E-state index >= 15 is 0 Å². The molecule has 0 aliphatic carbocycles. The van der Waals surface area contributed by atoms with Crippen LogP contribution in [0.1, 0.15) is 29.5 Å². The van der Waals surface area contributed by atoms with E-state index in [1.807, 2.05) is 29.2 Å². The van der Waals surface area contributed by atoms with Gasteiger partial charge in [-0.3, -0.25) is 4.98 Å². The lowest BCUT2D eigenvalue weighted by molar-refractivity contribution is 0.193. The zero-order valence-corrected chi connectivity index (χ0v) is 12.0. The molecule has 3 rings (SSSR count). The van der Waals surface area contributed by atoms with Crippen molar-refractivity contribution in [1.82, 2.24) is 15.2 Å². The smallest absolute Gasteiger partial charge is 0.318 e.